The van der Waals surface area contributed by atoms with Crippen molar-refractivity contribution in [3.8, 4) is 9.75 Å². The Bertz CT molecular complexity index is 1290. The average molecular weight is 527 g/mol. The third-order valence-corrected chi connectivity index (χ3v) is 8.08. The summed E-state index contributed by atoms with van der Waals surface area (Å²) in [6, 6.07) is 18.1. The topological polar surface area (TPSA) is 66.6 Å². The highest BCUT2D eigenvalue weighted by Crippen LogP contribution is 2.32. The summed E-state index contributed by atoms with van der Waals surface area (Å²) in [6.45, 7) is 2.36. The Hall–Kier alpha value is -2.91. The van der Waals surface area contributed by atoms with Gasteiger partial charge in [-0.25, -0.2) is 8.78 Å². The number of hydrogen-bond acceptors (Lipinski definition) is 5. The molecule has 0 unspecified atom stereocenters. The first kappa shape index (κ1) is 26.2. The van der Waals surface area contributed by atoms with E-state index in [9.17, 15) is 18.7 Å². The zero-order valence-electron chi connectivity index (χ0n) is 19.9. The number of carbonyl (C=O) groups is 1. The molecule has 0 aliphatic rings. The molecule has 36 heavy (non-hydrogen) atoms. The summed E-state index contributed by atoms with van der Waals surface area (Å²) in [5.74, 6) is -1.59. The number of aliphatic hydroxyl groups excluding tert-OH is 1. The van der Waals surface area contributed by atoms with Crippen LogP contribution in [0.5, 0.6) is 0 Å². The molecule has 4 rings (SSSR count). The van der Waals surface area contributed by atoms with Crippen molar-refractivity contribution in [3.05, 3.63) is 105 Å². The minimum absolute atomic E-state index is 0.0135. The van der Waals surface area contributed by atoms with E-state index >= 15 is 0 Å². The first-order valence-electron chi connectivity index (χ1n) is 11.7. The summed E-state index contributed by atoms with van der Waals surface area (Å²) >= 11 is 3.02. The van der Waals surface area contributed by atoms with E-state index in [1.807, 2.05) is 47.8 Å². The standard InChI is InChI=1S/C28H28F2N2O2S2/c1-2-18-5-3-6-19(11-18)16-32(28(34)27-9-8-26(36-27)25-7-4-10-35-25)17-24(33)23(31)14-20-12-21(29)15-22(30)13-20/h3-13,15,23-24,33H,2,14,16-17,31H2,1H3/t23-,24+/m0/s1. The van der Waals surface area contributed by atoms with E-state index in [4.69, 9.17) is 5.73 Å². The summed E-state index contributed by atoms with van der Waals surface area (Å²) in [4.78, 5) is 17.8. The second kappa shape index (κ2) is 11.9. The van der Waals surface area contributed by atoms with Gasteiger partial charge in [-0.05, 0) is 65.2 Å². The van der Waals surface area contributed by atoms with Gasteiger partial charge in [-0.1, -0.05) is 37.3 Å². The molecule has 0 aliphatic heterocycles. The lowest BCUT2D eigenvalue weighted by atomic mass is 10.0. The number of carbonyl (C=O) groups excluding carboxylic acids is 1. The Labute approximate surface area is 217 Å². The van der Waals surface area contributed by atoms with Crippen molar-refractivity contribution in [1.29, 1.82) is 0 Å². The monoisotopic (exact) mass is 526 g/mol. The van der Waals surface area contributed by atoms with Gasteiger partial charge in [0.25, 0.3) is 5.91 Å². The highest BCUT2D eigenvalue weighted by atomic mass is 32.1. The van der Waals surface area contributed by atoms with Crippen LogP contribution in [-0.4, -0.2) is 34.6 Å². The SMILES string of the molecule is CCc1cccc(CN(C[C@@H](O)[C@@H](N)Cc2cc(F)cc(F)c2)C(=O)c2ccc(-c3cccs3)s2)c1. The number of halogens is 2. The van der Waals surface area contributed by atoms with Gasteiger partial charge in [-0.15, -0.1) is 22.7 Å². The van der Waals surface area contributed by atoms with Crippen LogP contribution in [0.4, 0.5) is 8.78 Å². The first-order valence-corrected chi connectivity index (χ1v) is 13.4. The van der Waals surface area contributed by atoms with Gasteiger partial charge in [-0.3, -0.25) is 4.79 Å². The van der Waals surface area contributed by atoms with Crippen LogP contribution in [0.3, 0.4) is 0 Å². The molecule has 3 N–H and O–H groups in total. The van der Waals surface area contributed by atoms with Crippen molar-refractivity contribution in [3.63, 3.8) is 0 Å². The molecule has 0 radical (unpaired) electrons. The van der Waals surface area contributed by atoms with E-state index in [2.05, 4.69) is 6.92 Å². The van der Waals surface area contributed by atoms with E-state index in [1.165, 1.54) is 23.5 Å². The van der Waals surface area contributed by atoms with Crippen LogP contribution >= 0.6 is 22.7 Å². The Balaban J connectivity index is 1.54. The van der Waals surface area contributed by atoms with Crippen LogP contribution < -0.4 is 5.73 Å². The van der Waals surface area contributed by atoms with Crippen molar-refractivity contribution in [2.24, 2.45) is 5.73 Å². The molecule has 188 valence electrons. The van der Waals surface area contributed by atoms with Gasteiger partial charge in [0.05, 0.1) is 11.0 Å². The predicted molar refractivity (Wildman–Crippen MR) is 142 cm³/mol. The van der Waals surface area contributed by atoms with Gasteiger partial charge >= 0.3 is 0 Å². The van der Waals surface area contributed by atoms with E-state index in [1.54, 1.807) is 22.3 Å². The maximum Gasteiger partial charge on any atom is 0.264 e. The number of thiophene rings is 2. The third-order valence-electron chi connectivity index (χ3n) is 5.94. The zero-order valence-corrected chi connectivity index (χ0v) is 21.5. The van der Waals surface area contributed by atoms with E-state index in [0.717, 1.165) is 33.4 Å². The molecule has 0 aliphatic carbocycles. The van der Waals surface area contributed by atoms with Crippen LogP contribution in [0.25, 0.3) is 9.75 Å². The van der Waals surface area contributed by atoms with Crippen molar-refractivity contribution < 1.29 is 18.7 Å². The molecule has 0 saturated carbocycles. The number of nitrogens with zero attached hydrogens (tertiary/aromatic N) is 1. The van der Waals surface area contributed by atoms with Gasteiger partial charge in [0.15, 0.2) is 0 Å². The number of amides is 1. The van der Waals surface area contributed by atoms with Crippen LogP contribution in [0.1, 0.15) is 33.3 Å². The molecule has 4 nitrogen and oxygen atoms in total. The maximum atomic E-state index is 13.6. The van der Waals surface area contributed by atoms with Gasteiger partial charge in [0, 0.05) is 35.0 Å². The lowest BCUT2D eigenvalue weighted by Crippen LogP contribution is -2.46. The van der Waals surface area contributed by atoms with Crippen molar-refractivity contribution >= 4 is 28.6 Å². The van der Waals surface area contributed by atoms with E-state index in [0.29, 0.717) is 17.0 Å². The normalized spacial score (nSPS) is 12.9. The van der Waals surface area contributed by atoms with Crippen LogP contribution in [0.15, 0.2) is 72.1 Å². The molecule has 2 heterocycles. The van der Waals surface area contributed by atoms with E-state index < -0.39 is 23.8 Å². The fourth-order valence-electron chi connectivity index (χ4n) is 4.05. The first-order chi connectivity index (χ1) is 17.3. The lowest BCUT2D eigenvalue weighted by Gasteiger charge is -2.28. The zero-order chi connectivity index (χ0) is 25.7. The molecule has 2 aromatic heterocycles. The number of hydrogen-bond donors (Lipinski definition) is 2. The molecule has 0 saturated heterocycles. The van der Waals surface area contributed by atoms with Crippen molar-refractivity contribution in [2.75, 3.05) is 6.54 Å². The molecule has 4 aromatic rings. The summed E-state index contributed by atoms with van der Waals surface area (Å²) in [6.07, 6.45) is -0.148. The summed E-state index contributed by atoms with van der Waals surface area (Å²) in [5, 5.41) is 12.9. The molecular formula is C28H28F2N2O2S2. The van der Waals surface area contributed by atoms with Crippen LogP contribution in [0.2, 0.25) is 0 Å². The fourth-order valence-corrected chi connectivity index (χ4v) is 5.85. The number of benzene rings is 2. The molecule has 2 atom stereocenters. The summed E-state index contributed by atoms with van der Waals surface area (Å²) in [5.41, 5.74) is 8.67. The van der Waals surface area contributed by atoms with Gasteiger partial charge in [-0.2, -0.15) is 0 Å². The molecule has 1 amide bonds. The highest BCUT2D eigenvalue weighted by Gasteiger charge is 2.25. The molecule has 8 heteroatoms. The molecule has 0 fully saturated rings. The molecule has 0 spiro atoms. The maximum absolute atomic E-state index is 13.6. The quantitative estimate of drug-likeness (QED) is 0.271. The van der Waals surface area contributed by atoms with E-state index in [-0.39, 0.29) is 18.9 Å². The molecule has 2 aromatic carbocycles. The van der Waals surface area contributed by atoms with Crippen molar-refractivity contribution in [2.45, 2.75) is 38.5 Å². The number of rotatable bonds is 10. The highest BCUT2D eigenvalue weighted by molar-refractivity contribution is 7.22. The third kappa shape index (κ3) is 6.64. The summed E-state index contributed by atoms with van der Waals surface area (Å²) < 4.78 is 27.2. The van der Waals surface area contributed by atoms with Crippen molar-refractivity contribution in [1.82, 2.24) is 4.90 Å². The Kier molecular flexibility index (Phi) is 8.64. The Morgan fingerprint density at radius 1 is 0.972 bits per heavy atom. The second-order valence-electron chi connectivity index (χ2n) is 8.71. The van der Waals surface area contributed by atoms with Crippen LogP contribution in [-0.2, 0) is 19.4 Å². The second-order valence-corrected chi connectivity index (χ2v) is 10.7. The number of nitrogens with two attached hydrogens (primary N) is 1. The minimum atomic E-state index is -1.09. The van der Waals surface area contributed by atoms with Crippen LogP contribution in [0, 0.1) is 11.6 Å². The summed E-state index contributed by atoms with van der Waals surface area (Å²) in [7, 11) is 0. The van der Waals surface area contributed by atoms with Gasteiger partial charge in [0.2, 0.25) is 0 Å². The lowest BCUT2D eigenvalue weighted by molar-refractivity contribution is 0.0558. The Morgan fingerprint density at radius 2 is 1.72 bits per heavy atom. The molecular weight excluding hydrogens is 498 g/mol. The van der Waals surface area contributed by atoms with Gasteiger partial charge < -0.3 is 15.7 Å². The minimum Gasteiger partial charge on any atom is -0.390 e. The Morgan fingerprint density at radius 3 is 2.42 bits per heavy atom. The number of aryl methyl sites for hydroxylation is 1. The smallest absolute Gasteiger partial charge is 0.264 e. The number of aliphatic hydroxyl groups is 1. The predicted octanol–water partition coefficient (Wildman–Crippen LogP) is 5.89. The average Bonchev–Trinajstić information content (AvgIpc) is 3.55. The largest absolute Gasteiger partial charge is 0.390 e. The molecule has 0 bridgehead atoms. The fraction of sp³-hybridized carbons (Fsp3) is 0.250. The van der Waals surface area contributed by atoms with Gasteiger partial charge in [0.1, 0.15) is 11.6 Å².